The molecule has 1 N–H and O–H groups in total. The first-order valence-electron chi connectivity index (χ1n) is 7.80. The summed E-state index contributed by atoms with van der Waals surface area (Å²) in [6, 6.07) is 9.75. The average Bonchev–Trinajstić information content (AvgIpc) is 3.11. The minimum absolute atomic E-state index is 0.0568. The third-order valence-electron chi connectivity index (χ3n) is 4.43. The zero-order chi connectivity index (χ0) is 15.5. The number of ether oxygens (including phenoxy) is 1. The Kier molecular flexibility index (Phi) is 4.45. The lowest BCUT2D eigenvalue weighted by molar-refractivity contribution is 0.185. The molecule has 22 heavy (non-hydrogen) atoms. The highest BCUT2D eigenvalue weighted by Gasteiger charge is 2.18. The Morgan fingerprint density at radius 1 is 1.32 bits per heavy atom. The first kappa shape index (κ1) is 15.1. The van der Waals surface area contributed by atoms with Crippen molar-refractivity contribution in [3.05, 3.63) is 51.9 Å². The molecule has 0 aliphatic carbocycles. The van der Waals surface area contributed by atoms with Crippen LogP contribution in [0.5, 0.6) is 0 Å². The second-order valence-corrected chi connectivity index (χ2v) is 5.90. The van der Waals surface area contributed by atoms with Gasteiger partial charge in [0.25, 0.3) is 5.56 Å². The summed E-state index contributed by atoms with van der Waals surface area (Å²) in [6.45, 7) is 5.19. The number of rotatable bonds is 5. The van der Waals surface area contributed by atoms with E-state index in [2.05, 4.69) is 5.32 Å². The number of aromatic nitrogens is 2. The van der Waals surface area contributed by atoms with Gasteiger partial charge < -0.3 is 10.1 Å². The Balaban J connectivity index is 1.79. The third kappa shape index (κ3) is 2.87. The maximum atomic E-state index is 12.7. The molecule has 0 spiro atoms. The Morgan fingerprint density at radius 3 is 2.77 bits per heavy atom. The van der Waals surface area contributed by atoms with Gasteiger partial charge >= 0.3 is 0 Å². The standard InChI is InChI=1S/C17H23N3O2/c1-13-16(11-18-10-14-8-9-22-12-14)17(21)20(19(13)2)15-6-4-3-5-7-15/h3-7,14,18H,8-12H2,1-2H3/t14-/m0/s1. The molecular weight excluding hydrogens is 278 g/mol. The molecule has 1 aromatic heterocycles. The van der Waals surface area contributed by atoms with Crippen molar-refractivity contribution in [1.29, 1.82) is 0 Å². The largest absolute Gasteiger partial charge is 0.381 e. The zero-order valence-electron chi connectivity index (χ0n) is 13.2. The van der Waals surface area contributed by atoms with Crippen molar-refractivity contribution in [2.45, 2.75) is 19.9 Å². The van der Waals surface area contributed by atoms with Crippen molar-refractivity contribution in [2.75, 3.05) is 19.8 Å². The van der Waals surface area contributed by atoms with Crippen molar-refractivity contribution in [3.63, 3.8) is 0 Å². The summed E-state index contributed by atoms with van der Waals surface area (Å²) >= 11 is 0. The Labute approximate surface area is 130 Å². The highest BCUT2D eigenvalue weighted by Crippen LogP contribution is 2.12. The number of nitrogens with zero attached hydrogens (tertiary/aromatic N) is 2. The molecule has 1 fully saturated rings. The average molecular weight is 301 g/mol. The van der Waals surface area contributed by atoms with Gasteiger partial charge in [0.1, 0.15) is 0 Å². The maximum absolute atomic E-state index is 12.7. The summed E-state index contributed by atoms with van der Waals surface area (Å²) in [5.41, 5.74) is 2.80. The first-order valence-corrected chi connectivity index (χ1v) is 7.80. The van der Waals surface area contributed by atoms with Crippen LogP contribution < -0.4 is 10.9 Å². The molecule has 118 valence electrons. The van der Waals surface area contributed by atoms with Gasteiger partial charge in [-0.25, -0.2) is 4.68 Å². The van der Waals surface area contributed by atoms with Crippen molar-refractivity contribution in [3.8, 4) is 5.69 Å². The number of para-hydroxylation sites is 1. The molecule has 1 aliphatic heterocycles. The van der Waals surface area contributed by atoms with Gasteiger partial charge in [-0.3, -0.25) is 9.48 Å². The summed E-state index contributed by atoms with van der Waals surface area (Å²) in [6.07, 6.45) is 1.11. The van der Waals surface area contributed by atoms with E-state index in [1.165, 1.54) is 0 Å². The minimum Gasteiger partial charge on any atom is -0.381 e. The third-order valence-corrected chi connectivity index (χ3v) is 4.43. The topological polar surface area (TPSA) is 48.2 Å². The van der Waals surface area contributed by atoms with Crippen LogP contribution in [0.4, 0.5) is 0 Å². The van der Waals surface area contributed by atoms with Gasteiger partial charge in [0.05, 0.1) is 17.9 Å². The normalized spacial score (nSPS) is 18.0. The zero-order valence-corrected chi connectivity index (χ0v) is 13.2. The van der Waals surface area contributed by atoms with Crippen LogP contribution in [0.3, 0.4) is 0 Å². The van der Waals surface area contributed by atoms with E-state index in [-0.39, 0.29) is 5.56 Å². The van der Waals surface area contributed by atoms with Crippen LogP contribution in [-0.2, 0) is 18.3 Å². The van der Waals surface area contributed by atoms with Gasteiger partial charge in [0.2, 0.25) is 0 Å². The first-order chi connectivity index (χ1) is 10.7. The molecule has 0 radical (unpaired) electrons. The van der Waals surface area contributed by atoms with Crippen molar-refractivity contribution >= 4 is 0 Å². The Morgan fingerprint density at radius 2 is 2.09 bits per heavy atom. The van der Waals surface area contributed by atoms with E-state index in [1.807, 2.05) is 49.0 Å². The maximum Gasteiger partial charge on any atom is 0.276 e. The van der Waals surface area contributed by atoms with Crippen LogP contribution in [0, 0.1) is 12.8 Å². The summed E-state index contributed by atoms with van der Waals surface area (Å²) in [5.74, 6) is 0.570. The molecular formula is C17H23N3O2. The van der Waals surface area contributed by atoms with Crippen molar-refractivity contribution in [1.82, 2.24) is 14.7 Å². The van der Waals surface area contributed by atoms with E-state index in [0.29, 0.717) is 12.5 Å². The van der Waals surface area contributed by atoms with Gasteiger partial charge in [0.15, 0.2) is 0 Å². The van der Waals surface area contributed by atoms with Gasteiger partial charge in [-0.15, -0.1) is 0 Å². The lowest BCUT2D eigenvalue weighted by Gasteiger charge is -2.08. The van der Waals surface area contributed by atoms with Gasteiger partial charge in [0, 0.05) is 32.4 Å². The van der Waals surface area contributed by atoms with E-state index in [0.717, 1.165) is 43.1 Å². The van der Waals surface area contributed by atoms with E-state index in [4.69, 9.17) is 4.74 Å². The predicted octanol–water partition coefficient (Wildman–Crippen LogP) is 1.61. The monoisotopic (exact) mass is 301 g/mol. The summed E-state index contributed by atoms with van der Waals surface area (Å²) in [7, 11) is 1.93. The quantitative estimate of drug-likeness (QED) is 0.913. The van der Waals surface area contributed by atoms with E-state index < -0.39 is 0 Å². The minimum atomic E-state index is 0.0568. The van der Waals surface area contributed by atoms with Crippen LogP contribution in [0.1, 0.15) is 17.7 Å². The lowest BCUT2D eigenvalue weighted by Crippen LogP contribution is -2.27. The SMILES string of the molecule is Cc1c(CNC[C@@H]2CCOC2)c(=O)n(-c2ccccc2)n1C. The molecule has 0 unspecified atom stereocenters. The van der Waals surface area contributed by atoms with E-state index in [1.54, 1.807) is 4.68 Å². The second-order valence-electron chi connectivity index (χ2n) is 5.90. The van der Waals surface area contributed by atoms with Crippen LogP contribution >= 0.6 is 0 Å². The summed E-state index contributed by atoms with van der Waals surface area (Å²) in [5, 5.41) is 3.41. The molecule has 1 aromatic carbocycles. The summed E-state index contributed by atoms with van der Waals surface area (Å²) in [4.78, 5) is 12.7. The molecule has 5 nitrogen and oxygen atoms in total. The molecule has 1 aliphatic rings. The van der Waals surface area contributed by atoms with Crippen LogP contribution in [0.15, 0.2) is 35.1 Å². The smallest absolute Gasteiger partial charge is 0.276 e. The molecule has 0 amide bonds. The lowest BCUT2D eigenvalue weighted by atomic mass is 10.1. The molecule has 2 aromatic rings. The molecule has 1 atom stereocenters. The second kappa shape index (κ2) is 6.50. The molecule has 1 saturated heterocycles. The van der Waals surface area contributed by atoms with Crippen molar-refractivity contribution in [2.24, 2.45) is 13.0 Å². The fourth-order valence-electron chi connectivity index (χ4n) is 2.97. The van der Waals surface area contributed by atoms with Gasteiger partial charge in [-0.1, -0.05) is 18.2 Å². The van der Waals surface area contributed by atoms with E-state index >= 15 is 0 Å². The van der Waals surface area contributed by atoms with Crippen molar-refractivity contribution < 1.29 is 4.74 Å². The van der Waals surface area contributed by atoms with Gasteiger partial charge in [-0.2, -0.15) is 0 Å². The molecule has 2 heterocycles. The number of benzene rings is 1. The Hall–Kier alpha value is -1.85. The number of nitrogens with one attached hydrogen (secondary N) is 1. The Bertz CT molecular complexity index is 682. The van der Waals surface area contributed by atoms with Crippen LogP contribution in [-0.4, -0.2) is 29.1 Å². The van der Waals surface area contributed by atoms with E-state index in [9.17, 15) is 4.79 Å². The highest BCUT2D eigenvalue weighted by molar-refractivity contribution is 5.33. The fraction of sp³-hybridized carbons (Fsp3) is 0.471. The fourth-order valence-corrected chi connectivity index (χ4v) is 2.97. The predicted molar refractivity (Wildman–Crippen MR) is 86.4 cm³/mol. The number of hydrogen-bond acceptors (Lipinski definition) is 3. The van der Waals surface area contributed by atoms with Crippen LogP contribution in [0.2, 0.25) is 0 Å². The molecule has 3 rings (SSSR count). The van der Waals surface area contributed by atoms with Crippen LogP contribution in [0.25, 0.3) is 5.69 Å². The molecule has 0 bridgehead atoms. The summed E-state index contributed by atoms with van der Waals surface area (Å²) < 4.78 is 9.03. The highest BCUT2D eigenvalue weighted by atomic mass is 16.5. The molecule has 0 saturated carbocycles. The van der Waals surface area contributed by atoms with Gasteiger partial charge in [-0.05, 0) is 31.4 Å². The molecule has 5 heteroatoms. The number of hydrogen-bond donors (Lipinski definition) is 1.